The van der Waals surface area contributed by atoms with Crippen LogP contribution < -0.4 is 0 Å². The van der Waals surface area contributed by atoms with Crippen LogP contribution in [0.2, 0.25) is 0 Å². The summed E-state index contributed by atoms with van der Waals surface area (Å²) in [7, 11) is 7.02. The molecule has 0 aromatic carbocycles. The zero-order valence-electron chi connectivity index (χ0n) is 10.8. The maximum atomic E-state index is 4.02. The van der Waals surface area contributed by atoms with Gasteiger partial charge in [0.2, 0.25) is 0 Å². The van der Waals surface area contributed by atoms with E-state index in [9.17, 15) is 0 Å². The summed E-state index contributed by atoms with van der Waals surface area (Å²) in [6, 6.07) is 0. The second-order valence-corrected chi connectivity index (χ2v) is 31.9. The summed E-state index contributed by atoms with van der Waals surface area (Å²) in [6.07, 6.45) is 7.03. The summed E-state index contributed by atoms with van der Waals surface area (Å²) in [5.74, 6) is 3.82. The van der Waals surface area contributed by atoms with Crippen LogP contribution in [0, 0.1) is 0 Å². The van der Waals surface area contributed by atoms with E-state index < -0.39 is 15.6 Å². The fraction of sp³-hybridized carbons (Fsp3) is 0.667. The van der Waals surface area contributed by atoms with Crippen LogP contribution in [0.3, 0.4) is 0 Å². The van der Waals surface area contributed by atoms with E-state index in [4.69, 9.17) is 0 Å². The van der Waals surface area contributed by atoms with Gasteiger partial charge in [-0.25, -0.2) is 0 Å². The first-order chi connectivity index (χ1) is 9.31. The molecule has 2 aliphatic heterocycles. The Morgan fingerprint density at radius 2 is 1.74 bits per heavy atom. The van der Waals surface area contributed by atoms with E-state index in [-0.39, 0.29) is 0 Å². The van der Waals surface area contributed by atoms with Crippen LogP contribution in [0.5, 0.6) is 0 Å². The van der Waals surface area contributed by atoms with E-state index in [1.54, 1.807) is 0 Å². The molecular weight excluding hydrogens is 455 g/mol. The topological polar surface area (TPSA) is 0 Å². The van der Waals surface area contributed by atoms with E-state index in [1.807, 2.05) is 17.8 Å². The molecule has 2 saturated heterocycles. The van der Waals surface area contributed by atoms with Gasteiger partial charge in [0, 0.05) is 0 Å². The monoisotopic (exact) mass is 475 g/mol. The van der Waals surface area contributed by atoms with E-state index in [1.165, 1.54) is 24.3 Å². The molecule has 2 aliphatic rings. The third-order valence-corrected chi connectivity index (χ3v) is 37.7. The Labute approximate surface area is 145 Å². The van der Waals surface area contributed by atoms with Crippen LogP contribution >= 0.6 is 62.1 Å². The van der Waals surface area contributed by atoms with Crippen molar-refractivity contribution in [2.45, 2.75) is 26.6 Å². The summed E-state index contributed by atoms with van der Waals surface area (Å²) in [4.78, 5) is 0. The molecule has 0 aromatic heterocycles. The molecule has 0 aromatic rings. The Balaban J connectivity index is 1.78. The van der Waals surface area contributed by atoms with Gasteiger partial charge in [0.05, 0.1) is 0 Å². The second kappa shape index (κ2) is 10.2. The second-order valence-electron chi connectivity index (χ2n) is 4.01. The molecule has 2 heterocycles. The van der Waals surface area contributed by atoms with Gasteiger partial charge in [-0.3, -0.25) is 0 Å². The third kappa shape index (κ3) is 6.57. The van der Waals surface area contributed by atoms with Gasteiger partial charge in [-0.1, -0.05) is 0 Å². The average Bonchev–Trinajstić information content (AvgIpc) is 2.32. The van der Waals surface area contributed by atoms with Gasteiger partial charge in [0.1, 0.15) is 0 Å². The molecule has 2 fully saturated rings. The number of rotatable bonds is 10. The Kier molecular flexibility index (Phi) is 9.53. The Morgan fingerprint density at radius 1 is 1.16 bits per heavy atom. The van der Waals surface area contributed by atoms with Gasteiger partial charge < -0.3 is 0 Å². The zero-order chi connectivity index (χ0) is 13.5. The van der Waals surface area contributed by atoms with Crippen LogP contribution in [-0.2, 0) is 0 Å². The Morgan fingerprint density at radius 3 is 2.11 bits per heavy atom. The summed E-state index contributed by atoms with van der Waals surface area (Å²) < 4.78 is 2.44. The molecule has 0 amide bonds. The van der Waals surface area contributed by atoms with Crippen molar-refractivity contribution in [2.24, 2.45) is 0 Å². The van der Waals surface area contributed by atoms with Crippen molar-refractivity contribution in [2.75, 3.05) is 17.3 Å². The molecular formula is C12H19S6Sn. The Hall–Kier alpha value is 2.38. The SMILES string of the molecule is C=CCSC(C=C)[S][Sn]([S]C1CCS1)[S]C1CCS1. The summed E-state index contributed by atoms with van der Waals surface area (Å²) in [5, 5.41) is 0. The molecule has 0 nitrogen and oxygen atoms in total. The first-order valence-corrected chi connectivity index (χ1v) is 22.5. The molecule has 7 heteroatoms. The van der Waals surface area contributed by atoms with E-state index in [0.717, 1.165) is 14.9 Å². The molecule has 0 aliphatic carbocycles. The fourth-order valence-corrected chi connectivity index (χ4v) is 50.8. The van der Waals surface area contributed by atoms with E-state index in [0.29, 0.717) is 4.58 Å². The van der Waals surface area contributed by atoms with Crippen molar-refractivity contribution in [3.05, 3.63) is 25.3 Å². The van der Waals surface area contributed by atoms with Gasteiger partial charge >= 0.3 is 147 Å². The minimum absolute atomic E-state index is 0.586. The van der Waals surface area contributed by atoms with E-state index >= 15 is 0 Å². The molecule has 0 saturated carbocycles. The van der Waals surface area contributed by atoms with Crippen molar-refractivity contribution in [1.82, 2.24) is 0 Å². The molecule has 2 rings (SSSR count). The van der Waals surface area contributed by atoms with Crippen LogP contribution in [0.15, 0.2) is 25.3 Å². The fourth-order valence-electron chi connectivity index (χ4n) is 1.32. The summed E-state index contributed by atoms with van der Waals surface area (Å²) >= 11 is 4.89. The standard InChI is InChI=1S/C6H10S2.2C3H6S2.Sn/c1-3-5-8-6(7)4-2;2*4-3-1-2-5-3;/h3-4,6-7H,1-2,5H2;2*3-4H,1-2H2;/q;;;+3/p-3. The maximum absolute atomic E-state index is 4.02. The van der Waals surface area contributed by atoms with Gasteiger partial charge in [-0.15, -0.1) is 0 Å². The number of hydrogen-bond acceptors (Lipinski definition) is 6. The molecule has 0 bridgehead atoms. The normalized spacial score (nSPS) is 27.4. The van der Waals surface area contributed by atoms with Crippen LogP contribution in [0.4, 0.5) is 0 Å². The predicted molar refractivity (Wildman–Crippen MR) is 107 cm³/mol. The summed E-state index contributed by atoms with van der Waals surface area (Å²) in [5.41, 5.74) is 0. The van der Waals surface area contributed by atoms with Crippen molar-refractivity contribution in [3.63, 3.8) is 0 Å². The van der Waals surface area contributed by atoms with Crippen molar-refractivity contribution >= 4 is 77.7 Å². The quantitative estimate of drug-likeness (QED) is 0.230. The van der Waals surface area contributed by atoms with Gasteiger partial charge in [-0.05, 0) is 0 Å². The van der Waals surface area contributed by atoms with Crippen LogP contribution in [0.1, 0.15) is 12.8 Å². The first kappa shape index (κ1) is 17.7. The van der Waals surface area contributed by atoms with Crippen molar-refractivity contribution < 1.29 is 0 Å². The number of thioether (sulfide) groups is 3. The molecule has 19 heavy (non-hydrogen) atoms. The predicted octanol–water partition coefficient (Wildman–Crippen LogP) is 5.53. The van der Waals surface area contributed by atoms with Gasteiger partial charge in [0.25, 0.3) is 0 Å². The first-order valence-electron chi connectivity index (χ1n) is 6.27. The minimum atomic E-state index is -1.43. The molecule has 107 valence electrons. The molecule has 3 unspecified atom stereocenters. The molecule has 3 atom stereocenters. The zero-order valence-corrected chi connectivity index (χ0v) is 18.5. The third-order valence-electron chi connectivity index (χ3n) is 2.55. The van der Waals surface area contributed by atoms with Gasteiger partial charge in [0.15, 0.2) is 0 Å². The molecule has 1 radical (unpaired) electrons. The molecule has 0 N–H and O–H groups in total. The van der Waals surface area contributed by atoms with Crippen LogP contribution in [-0.4, -0.2) is 46.6 Å². The van der Waals surface area contributed by atoms with Gasteiger partial charge in [-0.2, -0.15) is 0 Å². The van der Waals surface area contributed by atoms with Crippen molar-refractivity contribution in [3.8, 4) is 0 Å². The Bertz CT molecular complexity index is 276. The summed E-state index contributed by atoms with van der Waals surface area (Å²) in [6.45, 7) is 7.84. The molecule has 0 spiro atoms. The van der Waals surface area contributed by atoms with Crippen molar-refractivity contribution in [1.29, 1.82) is 0 Å². The van der Waals surface area contributed by atoms with E-state index in [2.05, 4.69) is 69.6 Å². The average molecular weight is 474 g/mol. The number of hydrogen-bond donors (Lipinski definition) is 0. The van der Waals surface area contributed by atoms with Crippen LogP contribution in [0.25, 0.3) is 0 Å².